The van der Waals surface area contributed by atoms with Gasteiger partial charge in [0, 0.05) is 23.9 Å². The maximum Gasteiger partial charge on any atom is 0.573 e. The van der Waals surface area contributed by atoms with E-state index in [1.807, 2.05) is 32.9 Å². The molecule has 1 heterocycles. The van der Waals surface area contributed by atoms with Gasteiger partial charge in [0.1, 0.15) is 11.6 Å². The number of hydrogen-bond acceptors (Lipinski definition) is 6. The molecule has 3 aromatic rings. The van der Waals surface area contributed by atoms with Gasteiger partial charge in [0.05, 0.1) is 12.3 Å². The van der Waals surface area contributed by atoms with Crippen LogP contribution in [0.25, 0.3) is 11.3 Å². The molecule has 0 radical (unpaired) electrons. The van der Waals surface area contributed by atoms with Crippen LogP contribution in [0.15, 0.2) is 42.5 Å². The normalized spacial score (nSPS) is 11.3. The van der Waals surface area contributed by atoms with E-state index in [2.05, 4.69) is 25.3 Å². The summed E-state index contributed by atoms with van der Waals surface area (Å²) in [5, 5.41) is 15.3. The van der Waals surface area contributed by atoms with Gasteiger partial charge in [-0.2, -0.15) is 4.98 Å². The molecule has 0 aliphatic heterocycles. The lowest BCUT2D eigenvalue weighted by atomic mass is 10.1. The van der Waals surface area contributed by atoms with E-state index < -0.39 is 6.36 Å². The molecule has 3 rings (SSSR count). The van der Waals surface area contributed by atoms with Crippen molar-refractivity contribution in [1.82, 2.24) is 9.97 Å². The molecule has 0 saturated carbocycles. The van der Waals surface area contributed by atoms with Crippen LogP contribution in [-0.4, -0.2) is 34.6 Å². The highest BCUT2D eigenvalue weighted by molar-refractivity contribution is 5.71. The van der Waals surface area contributed by atoms with Gasteiger partial charge in [-0.05, 0) is 44.0 Å². The van der Waals surface area contributed by atoms with Crippen LogP contribution >= 0.6 is 0 Å². The number of rotatable bonds is 7. The summed E-state index contributed by atoms with van der Waals surface area (Å²) in [6, 6.07) is 11.3. The second-order valence-corrected chi connectivity index (χ2v) is 7.09. The molecule has 0 aliphatic carbocycles. The smallest absolute Gasteiger partial charge is 0.406 e. The monoisotopic (exact) mass is 432 g/mol. The molecule has 1 aromatic heterocycles. The Bertz CT molecular complexity index is 1050. The first kappa shape index (κ1) is 22.4. The molecule has 2 aromatic carbocycles. The molecule has 6 nitrogen and oxygen atoms in total. The molecule has 164 valence electrons. The van der Waals surface area contributed by atoms with Crippen molar-refractivity contribution in [3.05, 3.63) is 59.2 Å². The van der Waals surface area contributed by atoms with Gasteiger partial charge in [-0.15, -0.1) is 13.2 Å². The lowest BCUT2D eigenvalue weighted by Gasteiger charge is -2.15. The van der Waals surface area contributed by atoms with Crippen molar-refractivity contribution in [3.8, 4) is 17.0 Å². The lowest BCUT2D eigenvalue weighted by Crippen LogP contribution is -2.17. The summed E-state index contributed by atoms with van der Waals surface area (Å²) in [6.45, 7) is 6.07. The van der Waals surface area contributed by atoms with Crippen LogP contribution in [0.3, 0.4) is 0 Å². The third kappa shape index (κ3) is 6.08. The van der Waals surface area contributed by atoms with Gasteiger partial charge >= 0.3 is 6.36 Å². The van der Waals surface area contributed by atoms with E-state index in [0.717, 1.165) is 22.4 Å². The molecule has 0 saturated heterocycles. The zero-order chi connectivity index (χ0) is 22.6. The minimum Gasteiger partial charge on any atom is -0.406 e. The summed E-state index contributed by atoms with van der Waals surface area (Å²) in [7, 11) is 0. The fourth-order valence-corrected chi connectivity index (χ4v) is 3.26. The van der Waals surface area contributed by atoms with Crippen molar-refractivity contribution in [2.75, 3.05) is 23.8 Å². The highest BCUT2D eigenvalue weighted by atomic mass is 19.4. The Morgan fingerprint density at radius 2 is 1.71 bits per heavy atom. The number of aliphatic hydroxyl groups is 1. The Labute approximate surface area is 178 Å². The van der Waals surface area contributed by atoms with Crippen molar-refractivity contribution >= 4 is 17.5 Å². The van der Waals surface area contributed by atoms with Crippen LogP contribution in [0, 0.1) is 20.8 Å². The molecular formula is C22H23F3N4O2. The number of benzene rings is 2. The highest BCUT2D eigenvalue weighted by Gasteiger charge is 2.31. The van der Waals surface area contributed by atoms with E-state index in [1.165, 1.54) is 18.2 Å². The van der Waals surface area contributed by atoms with Gasteiger partial charge in [-0.1, -0.05) is 29.8 Å². The molecular weight excluding hydrogens is 409 g/mol. The van der Waals surface area contributed by atoms with Gasteiger partial charge in [-0.25, -0.2) is 4.98 Å². The summed E-state index contributed by atoms with van der Waals surface area (Å²) < 4.78 is 41.8. The van der Waals surface area contributed by atoms with E-state index in [1.54, 1.807) is 12.1 Å². The van der Waals surface area contributed by atoms with E-state index in [-0.39, 0.29) is 24.8 Å². The average molecular weight is 432 g/mol. The summed E-state index contributed by atoms with van der Waals surface area (Å²) in [5.41, 5.74) is 4.91. The minimum absolute atomic E-state index is 0.124. The summed E-state index contributed by atoms with van der Waals surface area (Å²) >= 11 is 0. The topological polar surface area (TPSA) is 79.3 Å². The fraction of sp³-hybridized carbons (Fsp3) is 0.273. The number of anilines is 3. The number of aryl methyl sites for hydroxylation is 3. The number of nitrogens with zero attached hydrogens (tertiary/aromatic N) is 2. The summed E-state index contributed by atoms with van der Waals surface area (Å²) in [5.74, 6) is 0.356. The SMILES string of the molecule is Cc1cc(C)c(Nc2cc(-c3cccc(OC(F)(F)F)c3)nc(NCCO)n2)c(C)c1. The number of aromatic nitrogens is 2. The molecule has 0 aliphatic rings. The first-order valence-electron chi connectivity index (χ1n) is 9.59. The molecule has 9 heteroatoms. The number of halogens is 3. The number of hydrogen-bond donors (Lipinski definition) is 3. The number of ether oxygens (including phenoxy) is 1. The van der Waals surface area contributed by atoms with Crippen LogP contribution in [0.5, 0.6) is 5.75 Å². The van der Waals surface area contributed by atoms with Gasteiger partial charge in [-0.3, -0.25) is 0 Å². The predicted molar refractivity (Wildman–Crippen MR) is 114 cm³/mol. The lowest BCUT2D eigenvalue weighted by molar-refractivity contribution is -0.274. The average Bonchev–Trinajstić information content (AvgIpc) is 2.68. The second-order valence-electron chi connectivity index (χ2n) is 7.09. The number of nitrogens with one attached hydrogen (secondary N) is 2. The molecule has 0 spiro atoms. The van der Waals surface area contributed by atoms with Crippen LogP contribution in [0.4, 0.5) is 30.6 Å². The van der Waals surface area contributed by atoms with Gasteiger partial charge in [0.25, 0.3) is 0 Å². The molecule has 0 unspecified atom stereocenters. The highest BCUT2D eigenvalue weighted by Crippen LogP contribution is 2.30. The third-order valence-corrected chi connectivity index (χ3v) is 4.41. The largest absolute Gasteiger partial charge is 0.573 e. The Hall–Kier alpha value is -3.33. The van der Waals surface area contributed by atoms with E-state index in [4.69, 9.17) is 5.11 Å². The van der Waals surface area contributed by atoms with Crippen molar-refractivity contribution < 1.29 is 23.0 Å². The summed E-state index contributed by atoms with van der Waals surface area (Å²) in [4.78, 5) is 8.79. The van der Waals surface area contributed by atoms with Gasteiger partial charge in [0.2, 0.25) is 5.95 Å². The summed E-state index contributed by atoms with van der Waals surface area (Å²) in [6.07, 6.45) is -4.79. The quantitative estimate of drug-likeness (QED) is 0.481. The molecule has 0 atom stereocenters. The minimum atomic E-state index is -4.79. The molecule has 0 bridgehead atoms. The second kappa shape index (κ2) is 9.22. The van der Waals surface area contributed by atoms with Crippen LogP contribution < -0.4 is 15.4 Å². The van der Waals surface area contributed by atoms with Crippen LogP contribution in [0.2, 0.25) is 0 Å². The van der Waals surface area contributed by atoms with E-state index in [0.29, 0.717) is 17.1 Å². The first-order chi connectivity index (χ1) is 14.6. The zero-order valence-corrected chi connectivity index (χ0v) is 17.3. The van der Waals surface area contributed by atoms with Crippen molar-refractivity contribution in [1.29, 1.82) is 0 Å². The van der Waals surface area contributed by atoms with Crippen LogP contribution in [0.1, 0.15) is 16.7 Å². The number of aliphatic hydroxyl groups excluding tert-OH is 1. The maximum atomic E-state index is 12.6. The Kier molecular flexibility index (Phi) is 6.65. The Morgan fingerprint density at radius 3 is 2.35 bits per heavy atom. The van der Waals surface area contributed by atoms with Crippen LogP contribution in [-0.2, 0) is 0 Å². The van der Waals surface area contributed by atoms with E-state index in [9.17, 15) is 13.2 Å². The standard InChI is InChI=1S/C22H23F3N4O2/c1-13-9-14(2)20(15(3)10-13)28-19-12-18(27-21(29-19)26-7-8-30)16-5-4-6-17(11-16)31-22(23,24)25/h4-6,9-12,30H,7-8H2,1-3H3,(H2,26,27,28,29). The van der Waals surface area contributed by atoms with Gasteiger partial charge in [0.15, 0.2) is 0 Å². The van der Waals surface area contributed by atoms with Crippen molar-refractivity contribution in [3.63, 3.8) is 0 Å². The fourth-order valence-electron chi connectivity index (χ4n) is 3.26. The molecule has 0 fully saturated rings. The Balaban J connectivity index is 2.01. The maximum absolute atomic E-state index is 12.6. The first-order valence-corrected chi connectivity index (χ1v) is 9.59. The predicted octanol–water partition coefficient (Wildman–Crippen LogP) is 5.12. The molecule has 31 heavy (non-hydrogen) atoms. The molecule has 0 amide bonds. The third-order valence-electron chi connectivity index (χ3n) is 4.41. The number of alkyl halides is 3. The molecule has 3 N–H and O–H groups in total. The van der Waals surface area contributed by atoms with Crippen molar-refractivity contribution in [2.45, 2.75) is 27.1 Å². The van der Waals surface area contributed by atoms with E-state index >= 15 is 0 Å². The van der Waals surface area contributed by atoms with Gasteiger partial charge < -0.3 is 20.5 Å². The zero-order valence-electron chi connectivity index (χ0n) is 17.3. The Morgan fingerprint density at radius 1 is 1.00 bits per heavy atom. The van der Waals surface area contributed by atoms with Crippen molar-refractivity contribution in [2.24, 2.45) is 0 Å².